The zero-order valence-electron chi connectivity index (χ0n) is 12.9. The van der Waals surface area contributed by atoms with Crippen molar-refractivity contribution in [2.75, 3.05) is 23.8 Å². The average Bonchev–Trinajstić information content (AvgIpc) is 3.39. The molecule has 3 N–H and O–H groups in total. The minimum absolute atomic E-state index is 0.171. The summed E-state index contributed by atoms with van der Waals surface area (Å²) >= 11 is 3.45. The molecule has 0 bridgehead atoms. The molecule has 0 amide bonds. The summed E-state index contributed by atoms with van der Waals surface area (Å²) in [7, 11) is 0. The molecule has 0 radical (unpaired) electrons. The molecule has 0 saturated heterocycles. The van der Waals surface area contributed by atoms with E-state index >= 15 is 0 Å². The van der Waals surface area contributed by atoms with E-state index in [1.807, 2.05) is 18.2 Å². The minimum Gasteiger partial charge on any atom is -0.396 e. The van der Waals surface area contributed by atoms with Crippen LogP contribution in [0.25, 0.3) is 0 Å². The van der Waals surface area contributed by atoms with Crippen molar-refractivity contribution in [3.05, 3.63) is 46.1 Å². The molecule has 1 aliphatic rings. The van der Waals surface area contributed by atoms with Gasteiger partial charge in [0.05, 0.1) is 5.69 Å². The zero-order chi connectivity index (χ0) is 16.1. The summed E-state index contributed by atoms with van der Waals surface area (Å²) in [5, 5.41) is 15.4. The Morgan fingerprint density at radius 3 is 2.61 bits per heavy atom. The number of nitrogens with one attached hydrogen (secondary N) is 2. The molecule has 0 aliphatic heterocycles. The first-order valence-corrected chi connectivity index (χ1v) is 8.76. The van der Waals surface area contributed by atoms with Gasteiger partial charge in [0, 0.05) is 36.2 Å². The van der Waals surface area contributed by atoms with Crippen LogP contribution >= 0.6 is 15.9 Å². The van der Waals surface area contributed by atoms with Crippen molar-refractivity contribution in [1.29, 1.82) is 0 Å². The van der Waals surface area contributed by atoms with Crippen molar-refractivity contribution < 1.29 is 5.11 Å². The van der Waals surface area contributed by atoms with Gasteiger partial charge < -0.3 is 15.7 Å². The van der Waals surface area contributed by atoms with Gasteiger partial charge in [0.15, 0.2) is 0 Å². The highest BCUT2D eigenvalue weighted by atomic mass is 79.9. The van der Waals surface area contributed by atoms with E-state index in [0.29, 0.717) is 24.8 Å². The van der Waals surface area contributed by atoms with Crippen molar-refractivity contribution >= 4 is 27.7 Å². The van der Waals surface area contributed by atoms with Gasteiger partial charge in [-0.25, -0.2) is 4.98 Å². The SMILES string of the molecule is OCCCNc1nc(NCc2ccc(Br)cc2)cc(C2CC2)n1. The highest BCUT2D eigenvalue weighted by Crippen LogP contribution is 2.39. The van der Waals surface area contributed by atoms with Gasteiger partial charge in [-0.3, -0.25) is 0 Å². The number of anilines is 2. The normalized spacial score (nSPS) is 13.8. The highest BCUT2D eigenvalue weighted by Gasteiger charge is 2.26. The molecular weight excluding hydrogens is 356 g/mol. The van der Waals surface area contributed by atoms with Crippen LogP contribution in [0.5, 0.6) is 0 Å². The van der Waals surface area contributed by atoms with E-state index in [1.165, 1.54) is 18.4 Å². The van der Waals surface area contributed by atoms with Gasteiger partial charge in [-0.1, -0.05) is 28.1 Å². The largest absolute Gasteiger partial charge is 0.396 e. The van der Waals surface area contributed by atoms with Crippen LogP contribution in [0.15, 0.2) is 34.8 Å². The minimum atomic E-state index is 0.171. The van der Waals surface area contributed by atoms with Gasteiger partial charge in [0.25, 0.3) is 0 Å². The van der Waals surface area contributed by atoms with E-state index in [-0.39, 0.29) is 6.61 Å². The predicted molar refractivity (Wildman–Crippen MR) is 95.7 cm³/mol. The van der Waals surface area contributed by atoms with Crippen LogP contribution in [-0.2, 0) is 6.54 Å². The van der Waals surface area contributed by atoms with Crippen molar-refractivity contribution in [3.8, 4) is 0 Å². The van der Waals surface area contributed by atoms with Crippen LogP contribution in [0.3, 0.4) is 0 Å². The third kappa shape index (κ3) is 4.91. The third-order valence-corrected chi connectivity index (χ3v) is 4.28. The lowest BCUT2D eigenvalue weighted by molar-refractivity contribution is 0.292. The molecule has 1 fully saturated rings. The van der Waals surface area contributed by atoms with Gasteiger partial charge in [0.2, 0.25) is 5.95 Å². The Balaban J connectivity index is 1.68. The van der Waals surface area contributed by atoms with E-state index < -0.39 is 0 Å². The van der Waals surface area contributed by atoms with E-state index in [9.17, 15) is 0 Å². The molecule has 3 rings (SSSR count). The fraction of sp³-hybridized carbons (Fsp3) is 0.412. The van der Waals surface area contributed by atoms with Crippen LogP contribution < -0.4 is 10.6 Å². The van der Waals surface area contributed by atoms with E-state index in [0.717, 1.165) is 22.5 Å². The molecule has 2 aromatic rings. The molecule has 1 heterocycles. The second kappa shape index (κ2) is 7.75. The number of aliphatic hydroxyl groups excluding tert-OH is 1. The number of rotatable bonds is 8. The molecule has 1 saturated carbocycles. The molecule has 1 aromatic carbocycles. The number of hydrogen-bond acceptors (Lipinski definition) is 5. The maximum absolute atomic E-state index is 8.88. The molecule has 5 nitrogen and oxygen atoms in total. The lowest BCUT2D eigenvalue weighted by Crippen LogP contribution is -2.10. The first kappa shape index (κ1) is 16.2. The molecule has 1 aromatic heterocycles. The first-order valence-electron chi connectivity index (χ1n) is 7.96. The number of aromatic nitrogens is 2. The first-order chi connectivity index (χ1) is 11.2. The summed E-state index contributed by atoms with van der Waals surface area (Å²) in [6.45, 7) is 1.57. The van der Waals surface area contributed by atoms with Crippen LogP contribution in [-0.4, -0.2) is 28.2 Å². The molecular formula is C17H21BrN4O. The molecule has 0 spiro atoms. The average molecular weight is 377 g/mol. The second-order valence-corrected chi connectivity index (χ2v) is 6.68. The summed E-state index contributed by atoms with van der Waals surface area (Å²) in [5.41, 5.74) is 2.30. The Bertz CT molecular complexity index is 644. The summed E-state index contributed by atoms with van der Waals surface area (Å²) in [5.74, 6) is 2.06. The smallest absolute Gasteiger partial charge is 0.224 e. The van der Waals surface area contributed by atoms with E-state index in [2.05, 4.69) is 48.7 Å². The fourth-order valence-electron chi connectivity index (χ4n) is 2.30. The number of aliphatic hydroxyl groups is 1. The second-order valence-electron chi connectivity index (χ2n) is 5.76. The number of nitrogens with zero attached hydrogens (tertiary/aromatic N) is 2. The zero-order valence-corrected chi connectivity index (χ0v) is 14.5. The Labute approximate surface area is 144 Å². The highest BCUT2D eigenvalue weighted by molar-refractivity contribution is 9.10. The monoisotopic (exact) mass is 376 g/mol. The summed E-state index contributed by atoms with van der Waals surface area (Å²) in [6, 6.07) is 10.3. The van der Waals surface area contributed by atoms with E-state index in [4.69, 9.17) is 5.11 Å². The fourth-order valence-corrected chi connectivity index (χ4v) is 2.56. The standard InChI is InChI=1S/C17H21BrN4O/c18-14-6-2-12(3-7-14)11-20-16-10-15(13-4-5-13)21-17(22-16)19-8-1-9-23/h2-3,6-7,10,13,23H,1,4-5,8-9,11H2,(H2,19,20,21,22). The van der Waals surface area contributed by atoms with Crippen LogP contribution in [0.4, 0.5) is 11.8 Å². The number of hydrogen-bond donors (Lipinski definition) is 3. The topological polar surface area (TPSA) is 70.1 Å². The van der Waals surface area contributed by atoms with Gasteiger partial charge in [-0.15, -0.1) is 0 Å². The van der Waals surface area contributed by atoms with Gasteiger partial charge in [0.1, 0.15) is 5.82 Å². The molecule has 122 valence electrons. The lowest BCUT2D eigenvalue weighted by Gasteiger charge is -2.11. The van der Waals surface area contributed by atoms with Crippen molar-refractivity contribution in [1.82, 2.24) is 9.97 Å². The van der Waals surface area contributed by atoms with E-state index in [1.54, 1.807) is 0 Å². The number of halogens is 1. The van der Waals surface area contributed by atoms with Crippen LogP contribution in [0, 0.1) is 0 Å². The van der Waals surface area contributed by atoms with Gasteiger partial charge >= 0.3 is 0 Å². The molecule has 23 heavy (non-hydrogen) atoms. The summed E-state index contributed by atoms with van der Waals surface area (Å²) in [4.78, 5) is 9.11. The Morgan fingerprint density at radius 2 is 1.91 bits per heavy atom. The molecule has 0 atom stereocenters. The predicted octanol–water partition coefficient (Wildman–Crippen LogP) is 3.52. The van der Waals surface area contributed by atoms with Gasteiger partial charge in [-0.05, 0) is 37.0 Å². The lowest BCUT2D eigenvalue weighted by atomic mass is 10.2. The van der Waals surface area contributed by atoms with Crippen LogP contribution in [0.2, 0.25) is 0 Å². The Kier molecular flexibility index (Phi) is 5.46. The quantitative estimate of drug-likeness (QED) is 0.614. The molecule has 6 heteroatoms. The van der Waals surface area contributed by atoms with Crippen molar-refractivity contribution in [3.63, 3.8) is 0 Å². The Morgan fingerprint density at radius 1 is 1.13 bits per heavy atom. The Hall–Kier alpha value is -1.66. The maximum atomic E-state index is 8.88. The molecule has 0 unspecified atom stereocenters. The molecule has 1 aliphatic carbocycles. The van der Waals surface area contributed by atoms with Gasteiger partial charge in [-0.2, -0.15) is 4.98 Å². The van der Waals surface area contributed by atoms with Crippen molar-refractivity contribution in [2.45, 2.75) is 31.7 Å². The summed E-state index contributed by atoms with van der Waals surface area (Å²) in [6.07, 6.45) is 3.11. The van der Waals surface area contributed by atoms with Crippen molar-refractivity contribution in [2.24, 2.45) is 0 Å². The third-order valence-electron chi connectivity index (χ3n) is 3.75. The van der Waals surface area contributed by atoms with Crippen LogP contribution in [0.1, 0.15) is 36.4 Å². The number of benzene rings is 1. The maximum Gasteiger partial charge on any atom is 0.224 e. The summed E-state index contributed by atoms with van der Waals surface area (Å²) < 4.78 is 1.08.